The van der Waals surface area contributed by atoms with Crippen molar-refractivity contribution in [3.8, 4) is 0 Å². The lowest BCUT2D eigenvalue weighted by Crippen LogP contribution is -2.50. The van der Waals surface area contributed by atoms with Crippen LogP contribution in [-0.2, 0) is 0 Å². The van der Waals surface area contributed by atoms with Crippen molar-refractivity contribution in [2.75, 3.05) is 31.5 Å². The van der Waals surface area contributed by atoms with Crippen LogP contribution in [0.3, 0.4) is 0 Å². The third-order valence-corrected chi connectivity index (χ3v) is 9.45. The summed E-state index contributed by atoms with van der Waals surface area (Å²) < 4.78 is 0.923. The number of rotatable bonds is 6. The quantitative estimate of drug-likeness (QED) is 0.195. The van der Waals surface area contributed by atoms with Crippen molar-refractivity contribution in [1.82, 2.24) is 15.1 Å². The minimum Gasteiger partial charge on any atom is -0.336 e. The molecule has 216 valence electrons. The maximum absolute atomic E-state index is 13.7. The molecule has 6 rings (SSSR count). The number of carbonyl (C=O) groups is 2. The van der Waals surface area contributed by atoms with Crippen molar-refractivity contribution in [3.63, 3.8) is 0 Å². The predicted octanol–water partition coefficient (Wildman–Crippen LogP) is 7.23. The van der Waals surface area contributed by atoms with Crippen molar-refractivity contribution in [2.24, 2.45) is 0 Å². The molecule has 0 spiro atoms. The number of anilines is 1. The number of amides is 2. The number of thiocarbonyl (C=S) groups is 1. The largest absolute Gasteiger partial charge is 0.336 e. The topological polar surface area (TPSA) is 64.7 Å². The van der Waals surface area contributed by atoms with E-state index in [9.17, 15) is 9.59 Å². The summed E-state index contributed by atoms with van der Waals surface area (Å²) in [4.78, 5) is 31.4. The SMILES string of the molecule is O=C(NC(=S)Nc1ccccc1C(=O)N1CCN(C(c2ccccc2)c2ccccc2)CC1)c1sc2ccccc2c1Cl. The minimum atomic E-state index is -0.394. The number of fused-ring (bicyclic) bond motifs is 1. The van der Waals surface area contributed by atoms with Crippen LogP contribution in [0.4, 0.5) is 5.69 Å². The van der Waals surface area contributed by atoms with E-state index in [0.717, 1.165) is 23.2 Å². The first-order chi connectivity index (χ1) is 21.0. The molecule has 1 aromatic heterocycles. The molecule has 43 heavy (non-hydrogen) atoms. The van der Waals surface area contributed by atoms with Gasteiger partial charge in [0.15, 0.2) is 5.11 Å². The summed E-state index contributed by atoms with van der Waals surface area (Å²) in [5, 5.41) is 7.10. The van der Waals surface area contributed by atoms with E-state index in [0.29, 0.717) is 34.2 Å². The molecule has 2 heterocycles. The number of thiophene rings is 1. The highest BCUT2D eigenvalue weighted by molar-refractivity contribution is 7.80. The average Bonchev–Trinajstić information content (AvgIpc) is 3.39. The smallest absolute Gasteiger partial charge is 0.269 e. The summed E-state index contributed by atoms with van der Waals surface area (Å²) in [5.41, 5.74) is 3.50. The van der Waals surface area contributed by atoms with E-state index >= 15 is 0 Å². The first-order valence-corrected chi connectivity index (χ1v) is 15.6. The van der Waals surface area contributed by atoms with Crippen molar-refractivity contribution in [3.05, 3.63) is 136 Å². The number of hydrogen-bond donors (Lipinski definition) is 2. The van der Waals surface area contributed by atoms with E-state index in [-0.39, 0.29) is 17.1 Å². The fraction of sp³-hybridized carbons (Fsp3) is 0.147. The Morgan fingerprint density at radius 2 is 1.35 bits per heavy atom. The van der Waals surface area contributed by atoms with Gasteiger partial charge in [0.25, 0.3) is 11.8 Å². The highest BCUT2D eigenvalue weighted by atomic mass is 35.5. The van der Waals surface area contributed by atoms with Gasteiger partial charge in [-0.2, -0.15) is 0 Å². The Morgan fingerprint density at radius 3 is 2.00 bits per heavy atom. The Hall–Kier alpha value is -4.08. The molecule has 4 aromatic carbocycles. The summed E-state index contributed by atoms with van der Waals surface area (Å²) in [7, 11) is 0. The van der Waals surface area contributed by atoms with Crippen molar-refractivity contribution >= 4 is 67.9 Å². The molecule has 1 fully saturated rings. The number of carbonyl (C=O) groups excluding carboxylic acids is 2. The third-order valence-electron chi connectivity index (χ3n) is 7.57. The monoisotopic (exact) mass is 624 g/mol. The molecule has 1 saturated heterocycles. The lowest BCUT2D eigenvalue weighted by molar-refractivity contribution is 0.0598. The standard InChI is InChI=1S/C34H29ClN4O2S2/c35-29-26-16-8-10-18-28(26)43-31(29)32(40)37-34(42)36-27-17-9-7-15-25(27)33(41)39-21-19-38(20-22-39)30(23-11-3-1-4-12-23)24-13-5-2-6-14-24/h1-18,30H,19-22H2,(H2,36,37,40,42). The lowest BCUT2D eigenvalue weighted by atomic mass is 9.96. The molecule has 0 radical (unpaired) electrons. The fourth-order valence-electron chi connectivity index (χ4n) is 5.49. The normalized spacial score (nSPS) is 13.7. The molecule has 2 amide bonds. The van der Waals surface area contributed by atoms with E-state index in [1.54, 1.807) is 12.1 Å². The third kappa shape index (κ3) is 6.33. The Morgan fingerprint density at radius 1 is 0.767 bits per heavy atom. The fourth-order valence-corrected chi connectivity index (χ4v) is 7.11. The molecule has 2 N–H and O–H groups in total. The zero-order chi connectivity index (χ0) is 29.8. The second-order valence-corrected chi connectivity index (χ2v) is 12.1. The molecular formula is C34H29ClN4O2S2. The van der Waals surface area contributed by atoms with Crippen molar-refractivity contribution in [2.45, 2.75) is 6.04 Å². The number of benzene rings is 4. The van der Waals surface area contributed by atoms with Gasteiger partial charge in [-0.15, -0.1) is 11.3 Å². The van der Waals surface area contributed by atoms with Crippen LogP contribution in [0.15, 0.2) is 109 Å². The van der Waals surface area contributed by atoms with Crippen LogP contribution in [0.25, 0.3) is 10.1 Å². The summed E-state index contributed by atoms with van der Waals surface area (Å²) in [5.74, 6) is -0.476. The summed E-state index contributed by atoms with van der Waals surface area (Å²) in [6.07, 6.45) is 0. The van der Waals surface area contributed by atoms with Gasteiger partial charge in [0, 0.05) is 36.3 Å². The highest BCUT2D eigenvalue weighted by Gasteiger charge is 2.29. The van der Waals surface area contributed by atoms with Gasteiger partial charge in [0.1, 0.15) is 4.88 Å². The maximum atomic E-state index is 13.7. The molecule has 9 heteroatoms. The second-order valence-electron chi connectivity index (χ2n) is 10.2. The number of para-hydroxylation sites is 1. The van der Waals surface area contributed by atoms with E-state index in [1.807, 2.05) is 53.4 Å². The summed E-state index contributed by atoms with van der Waals surface area (Å²) in [6.45, 7) is 2.66. The number of piperazine rings is 1. The Bertz CT molecular complexity index is 1730. The van der Waals surface area contributed by atoms with Crippen LogP contribution in [0, 0.1) is 0 Å². The number of nitrogens with zero attached hydrogens (tertiary/aromatic N) is 2. The van der Waals surface area contributed by atoms with Crippen LogP contribution in [0.5, 0.6) is 0 Å². The van der Waals surface area contributed by atoms with Crippen LogP contribution in [-0.4, -0.2) is 52.9 Å². The first-order valence-electron chi connectivity index (χ1n) is 14.0. The van der Waals surface area contributed by atoms with E-state index in [4.69, 9.17) is 23.8 Å². The van der Waals surface area contributed by atoms with E-state index in [1.165, 1.54) is 22.5 Å². The van der Waals surface area contributed by atoms with Gasteiger partial charge in [-0.05, 0) is 41.5 Å². The number of halogens is 1. The van der Waals surface area contributed by atoms with Crippen LogP contribution >= 0.6 is 35.2 Å². The van der Waals surface area contributed by atoms with Crippen molar-refractivity contribution in [1.29, 1.82) is 0 Å². The van der Waals surface area contributed by atoms with Crippen LogP contribution in [0.1, 0.15) is 37.2 Å². The zero-order valence-corrected chi connectivity index (χ0v) is 25.6. The Kier molecular flexibility index (Phi) is 8.81. The molecule has 0 unspecified atom stereocenters. The summed E-state index contributed by atoms with van der Waals surface area (Å²) >= 11 is 13.3. The molecular weight excluding hydrogens is 596 g/mol. The van der Waals surface area contributed by atoms with Gasteiger partial charge in [0.05, 0.1) is 22.3 Å². The first kappa shape index (κ1) is 29.0. The van der Waals surface area contributed by atoms with Crippen LogP contribution < -0.4 is 10.6 Å². The highest BCUT2D eigenvalue weighted by Crippen LogP contribution is 2.35. The second kappa shape index (κ2) is 13.1. The predicted molar refractivity (Wildman–Crippen MR) is 179 cm³/mol. The molecule has 0 aliphatic carbocycles. The molecule has 6 nitrogen and oxygen atoms in total. The Labute approximate surface area is 264 Å². The van der Waals surface area contributed by atoms with Gasteiger partial charge < -0.3 is 10.2 Å². The van der Waals surface area contributed by atoms with Gasteiger partial charge in [-0.1, -0.05) is 103 Å². The molecule has 1 aliphatic heterocycles. The van der Waals surface area contributed by atoms with Gasteiger partial charge >= 0.3 is 0 Å². The average molecular weight is 625 g/mol. The van der Waals surface area contributed by atoms with Crippen LogP contribution in [0.2, 0.25) is 5.02 Å². The molecule has 0 saturated carbocycles. The minimum absolute atomic E-state index is 0.0830. The number of nitrogens with one attached hydrogen (secondary N) is 2. The maximum Gasteiger partial charge on any atom is 0.269 e. The lowest BCUT2D eigenvalue weighted by Gasteiger charge is -2.40. The van der Waals surface area contributed by atoms with E-state index < -0.39 is 5.91 Å². The molecule has 1 aliphatic rings. The molecule has 5 aromatic rings. The number of hydrogen-bond acceptors (Lipinski definition) is 5. The Balaban J connectivity index is 1.12. The van der Waals surface area contributed by atoms with Crippen molar-refractivity contribution < 1.29 is 9.59 Å². The zero-order valence-electron chi connectivity index (χ0n) is 23.2. The van der Waals surface area contributed by atoms with Gasteiger partial charge in [-0.3, -0.25) is 19.8 Å². The van der Waals surface area contributed by atoms with Gasteiger partial charge in [-0.25, -0.2) is 0 Å². The molecule has 0 atom stereocenters. The van der Waals surface area contributed by atoms with E-state index in [2.05, 4.69) is 64.1 Å². The summed E-state index contributed by atoms with van der Waals surface area (Å²) in [6, 6.07) is 35.9. The van der Waals surface area contributed by atoms with Gasteiger partial charge in [0.2, 0.25) is 0 Å². The molecule has 0 bridgehead atoms.